The summed E-state index contributed by atoms with van der Waals surface area (Å²) >= 11 is 1.37. The molecule has 1 amide bonds. The Balaban J connectivity index is 1.77. The van der Waals surface area contributed by atoms with Crippen LogP contribution in [0.2, 0.25) is 0 Å². The molecule has 172 valence electrons. The van der Waals surface area contributed by atoms with Crippen LogP contribution in [0, 0.1) is 5.82 Å². The third-order valence-corrected chi connectivity index (χ3v) is 6.15. The number of nitrogens with one attached hydrogen (secondary N) is 1. The SMILES string of the molecule is COC(=O)c1ccc(C(=O)NN=C(C)c2csc(-c3ccc(C(C)(C)C)cc3)c2O)cc1F. The third-order valence-electron chi connectivity index (χ3n) is 5.13. The van der Waals surface area contributed by atoms with Crippen LogP contribution in [-0.2, 0) is 10.2 Å². The van der Waals surface area contributed by atoms with Gasteiger partial charge in [-0.2, -0.15) is 5.10 Å². The van der Waals surface area contributed by atoms with Crippen molar-refractivity contribution >= 4 is 28.9 Å². The summed E-state index contributed by atoms with van der Waals surface area (Å²) in [5.74, 6) is -2.28. The van der Waals surface area contributed by atoms with Gasteiger partial charge < -0.3 is 9.84 Å². The van der Waals surface area contributed by atoms with Gasteiger partial charge in [0, 0.05) is 10.9 Å². The Hall–Kier alpha value is -3.52. The number of thiophene rings is 1. The Bertz CT molecular complexity index is 1220. The molecule has 2 N–H and O–H groups in total. The van der Waals surface area contributed by atoms with Gasteiger partial charge in [0.05, 0.1) is 28.8 Å². The van der Waals surface area contributed by atoms with Crippen LogP contribution in [0.15, 0.2) is 52.9 Å². The van der Waals surface area contributed by atoms with Gasteiger partial charge in [-0.05, 0) is 41.7 Å². The van der Waals surface area contributed by atoms with E-state index in [0.29, 0.717) is 16.2 Å². The summed E-state index contributed by atoms with van der Waals surface area (Å²) in [6, 6.07) is 11.4. The molecule has 0 bridgehead atoms. The van der Waals surface area contributed by atoms with E-state index < -0.39 is 17.7 Å². The highest BCUT2D eigenvalue weighted by atomic mass is 32.1. The number of nitrogens with zero attached hydrogens (tertiary/aromatic N) is 1. The maximum Gasteiger partial charge on any atom is 0.340 e. The van der Waals surface area contributed by atoms with Crippen LogP contribution in [0.3, 0.4) is 0 Å². The van der Waals surface area contributed by atoms with Gasteiger partial charge in [0.25, 0.3) is 5.91 Å². The Morgan fingerprint density at radius 2 is 1.76 bits per heavy atom. The molecule has 0 aliphatic carbocycles. The van der Waals surface area contributed by atoms with Gasteiger partial charge in [-0.15, -0.1) is 11.3 Å². The van der Waals surface area contributed by atoms with Gasteiger partial charge in [-0.3, -0.25) is 4.79 Å². The predicted molar refractivity (Wildman–Crippen MR) is 128 cm³/mol. The normalized spacial score (nSPS) is 11.9. The highest BCUT2D eigenvalue weighted by Crippen LogP contribution is 2.39. The van der Waals surface area contributed by atoms with Crippen molar-refractivity contribution in [3.05, 3.63) is 75.9 Å². The number of hydrogen-bond donors (Lipinski definition) is 2. The van der Waals surface area contributed by atoms with Crippen molar-refractivity contribution in [2.75, 3.05) is 7.11 Å². The number of ether oxygens (including phenoxy) is 1. The number of aromatic hydroxyl groups is 1. The van der Waals surface area contributed by atoms with Crippen molar-refractivity contribution in [2.24, 2.45) is 5.10 Å². The van der Waals surface area contributed by atoms with Gasteiger partial charge >= 0.3 is 5.97 Å². The van der Waals surface area contributed by atoms with E-state index in [9.17, 15) is 19.1 Å². The first-order valence-corrected chi connectivity index (χ1v) is 11.0. The minimum absolute atomic E-state index is 0.00845. The van der Waals surface area contributed by atoms with E-state index >= 15 is 0 Å². The van der Waals surface area contributed by atoms with Crippen molar-refractivity contribution in [2.45, 2.75) is 33.1 Å². The Morgan fingerprint density at radius 3 is 2.33 bits per heavy atom. The molecular weight excluding hydrogens is 443 g/mol. The number of methoxy groups -OCH3 is 1. The summed E-state index contributed by atoms with van der Waals surface area (Å²) in [4.78, 5) is 24.5. The molecular formula is C25H25FN2O4S. The topological polar surface area (TPSA) is 88.0 Å². The minimum Gasteiger partial charge on any atom is -0.506 e. The van der Waals surface area contributed by atoms with Crippen molar-refractivity contribution in [1.29, 1.82) is 0 Å². The molecule has 0 saturated carbocycles. The number of carbonyl (C=O) groups excluding carboxylic acids is 2. The summed E-state index contributed by atoms with van der Waals surface area (Å²) in [6.07, 6.45) is 0. The summed E-state index contributed by atoms with van der Waals surface area (Å²) in [6.45, 7) is 8.06. The van der Waals surface area contributed by atoms with Gasteiger partial charge in [-0.25, -0.2) is 14.6 Å². The number of esters is 1. The molecule has 0 radical (unpaired) electrons. The lowest BCUT2D eigenvalue weighted by molar-refractivity contribution is 0.0595. The molecule has 3 rings (SSSR count). The zero-order valence-corrected chi connectivity index (χ0v) is 19.8. The Labute approximate surface area is 195 Å². The number of hydrazone groups is 1. The fraction of sp³-hybridized carbons (Fsp3) is 0.240. The molecule has 0 saturated heterocycles. The van der Waals surface area contributed by atoms with E-state index in [-0.39, 0.29) is 22.3 Å². The lowest BCUT2D eigenvalue weighted by Crippen LogP contribution is -2.20. The molecule has 1 heterocycles. The van der Waals surface area contributed by atoms with E-state index in [4.69, 9.17) is 0 Å². The largest absolute Gasteiger partial charge is 0.506 e. The monoisotopic (exact) mass is 468 g/mol. The van der Waals surface area contributed by atoms with E-state index in [1.54, 1.807) is 12.3 Å². The lowest BCUT2D eigenvalue weighted by atomic mass is 9.86. The second-order valence-electron chi connectivity index (χ2n) is 8.48. The van der Waals surface area contributed by atoms with Crippen LogP contribution < -0.4 is 5.43 Å². The van der Waals surface area contributed by atoms with E-state index in [1.807, 2.05) is 24.3 Å². The second-order valence-corrected chi connectivity index (χ2v) is 9.36. The van der Waals surface area contributed by atoms with Crippen molar-refractivity contribution in [3.63, 3.8) is 0 Å². The minimum atomic E-state index is -0.868. The summed E-state index contributed by atoms with van der Waals surface area (Å²) in [5.41, 5.74) is 5.06. The Morgan fingerprint density at radius 1 is 1.09 bits per heavy atom. The highest BCUT2D eigenvalue weighted by molar-refractivity contribution is 7.14. The van der Waals surface area contributed by atoms with Gasteiger partial charge in [0.1, 0.15) is 11.6 Å². The molecule has 6 nitrogen and oxygen atoms in total. The number of carbonyl (C=O) groups is 2. The summed E-state index contributed by atoms with van der Waals surface area (Å²) in [7, 11) is 1.14. The van der Waals surface area contributed by atoms with Crippen LogP contribution in [0.4, 0.5) is 4.39 Å². The van der Waals surface area contributed by atoms with Crippen LogP contribution in [-0.4, -0.2) is 29.8 Å². The molecule has 0 atom stereocenters. The van der Waals surface area contributed by atoms with Gasteiger partial charge in [-0.1, -0.05) is 45.0 Å². The first kappa shape index (κ1) is 24.1. The van der Waals surface area contributed by atoms with Gasteiger partial charge in [0.2, 0.25) is 0 Å². The number of halogens is 1. The first-order valence-electron chi connectivity index (χ1n) is 10.2. The van der Waals surface area contributed by atoms with E-state index in [0.717, 1.165) is 18.7 Å². The second kappa shape index (κ2) is 9.54. The fourth-order valence-corrected chi connectivity index (χ4v) is 4.14. The molecule has 33 heavy (non-hydrogen) atoms. The van der Waals surface area contributed by atoms with Crippen LogP contribution >= 0.6 is 11.3 Å². The van der Waals surface area contributed by atoms with E-state index in [2.05, 4.69) is 36.0 Å². The molecule has 0 aliphatic heterocycles. The van der Waals surface area contributed by atoms with Crippen molar-refractivity contribution in [1.82, 2.24) is 5.43 Å². The highest BCUT2D eigenvalue weighted by Gasteiger charge is 2.18. The quantitative estimate of drug-likeness (QED) is 0.294. The molecule has 0 fully saturated rings. The zero-order chi connectivity index (χ0) is 24.3. The first-order chi connectivity index (χ1) is 15.5. The van der Waals surface area contributed by atoms with E-state index in [1.165, 1.54) is 29.0 Å². The Kier molecular flexibility index (Phi) is 6.98. The molecule has 1 aromatic heterocycles. The predicted octanol–water partition coefficient (Wildman–Crippen LogP) is 5.50. The standard InChI is InChI=1S/C25H25FN2O4S/c1-14(27-28-23(30)16-8-11-18(20(26)12-16)24(31)32-5)19-13-33-22(21(19)29)15-6-9-17(10-7-15)25(2,3)4/h6-13,29H,1-5H3,(H,28,30). The average Bonchev–Trinajstić information content (AvgIpc) is 3.17. The van der Waals surface area contributed by atoms with Crippen molar-refractivity contribution < 1.29 is 23.8 Å². The van der Waals surface area contributed by atoms with Crippen LogP contribution in [0.25, 0.3) is 10.4 Å². The van der Waals surface area contributed by atoms with Gasteiger partial charge in [0.15, 0.2) is 0 Å². The molecule has 0 aliphatic rings. The van der Waals surface area contributed by atoms with Crippen molar-refractivity contribution in [3.8, 4) is 16.2 Å². The smallest absolute Gasteiger partial charge is 0.340 e. The zero-order valence-electron chi connectivity index (χ0n) is 19.0. The fourth-order valence-electron chi connectivity index (χ4n) is 3.13. The molecule has 8 heteroatoms. The molecule has 0 spiro atoms. The maximum atomic E-state index is 14.1. The average molecular weight is 469 g/mol. The summed E-state index contributed by atoms with van der Waals surface area (Å²) in [5, 5.41) is 16.5. The van der Waals surface area contributed by atoms with Crippen LogP contribution in [0.1, 0.15) is 59.5 Å². The lowest BCUT2D eigenvalue weighted by Gasteiger charge is -2.19. The third kappa shape index (κ3) is 5.28. The molecule has 3 aromatic rings. The number of benzene rings is 2. The number of rotatable bonds is 5. The number of hydrogen-bond acceptors (Lipinski definition) is 6. The molecule has 2 aromatic carbocycles. The van der Waals surface area contributed by atoms with Crippen LogP contribution in [0.5, 0.6) is 5.75 Å². The molecule has 0 unspecified atom stereocenters. The summed E-state index contributed by atoms with van der Waals surface area (Å²) < 4.78 is 18.6. The maximum absolute atomic E-state index is 14.1. The number of amides is 1.